The molecule has 33 heavy (non-hydrogen) atoms. The van der Waals surface area contributed by atoms with Gasteiger partial charge in [-0.1, -0.05) is 56.3 Å². The van der Waals surface area contributed by atoms with E-state index in [0.29, 0.717) is 25.0 Å². The standard InChI is InChI=1S/C26H37N3O4/c1-4-29(5-2)19-18-28(3)26(31)22(13-7-6-8-17-25(30)27-32)20-33-24-16-11-14-21-12-9-10-15-23(21)24/h9-16,32H,4-8,17-20H2,1-3H3,(H,27,30)/b22-13+. The van der Waals surface area contributed by atoms with Crippen LogP contribution >= 0.6 is 0 Å². The van der Waals surface area contributed by atoms with Gasteiger partial charge in [0.2, 0.25) is 5.91 Å². The number of amides is 2. The Morgan fingerprint density at radius 1 is 1.03 bits per heavy atom. The molecule has 0 aromatic heterocycles. The maximum Gasteiger partial charge on any atom is 0.252 e. The van der Waals surface area contributed by atoms with E-state index in [0.717, 1.165) is 42.6 Å². The molecular weight excluding hydrogens is 418 g/mol. The topological polar surface area (TPSA) is 82.1 Å². The van der Waals surface area contributed by atoms with E-state index in [-0.39, 0.29) is 18.9 Å². The lowest BCUT2D eigenvalue weighted by Gasteiger charge is -2.24. The minimum Gasteiger partial charge on any atom is -0.488 e. The van der Waals surface area contributed by atoms with Gasteiger partial charge in [-0.15, -0.1) is 0 Å². The summed E-state index contributed by atoms with van der Waals surface area (Å²) < 4.78 is 6.11. The Balaban J connectivity index is 2.07. The van der Waals surface area contributed by atoms with Gasteiger partial charge in [-0.2, -0.15) is 0 Å². The van der Waals surface area contributed by atoms with E-state index in [4.69, 9.17) is 9.94 Å². The third-order valence-electron chi connectivity index (χ3n) is 5.77. The number of carbonyl (C=O) groups excluding carboxylic acids is 2. The smallest absolute Gasteiger partial charge is 0.252 e. The minimum atomic E-state index is -0.397. The summed E-state index contributed by atoms with van der Waals surface area (Å²) in [6.07, 6.45) is 4.19. The predicted octanol–water partition coefficient (Wildman–Crippen LogP) is 4.01. The summed E-state index contributed by atoms with van der Waals surface area (Å²) in [6.45, 7) is 7.78. The van der Waals surface area contributed by atoms with Crippen LogP contribution in [0.25, 0.3) is 10.8 Å². The van der Waals surface area contributed by atoms with Crippen LogP contribution in [0.1, 0.15) is 39.5 Å². The number of hydrogen-bond donors (Lipinski definition) is 2. The number of likely N-dealkylation sites (N-methyl/N-ethyl adjacent to an activating group) is 2. The van der Waals surface area contributed by atoms with Crippen molar-refractivity contribution in [3.05, 3.63) is 54.1 Å². The summed E-state index contributed by atoms with van der Waals surface area (Å²) >= 11 is 0. The third kappa shape index (κ3) is 8.51. The fourth-order valence-electron chi connectivity index (χ4n) is 3.63. The van der Waals surface area contributed by atoms with Crippen LogP contribution in [0.3, 0.4) is 0 Å². The van der Waals surface area contributed by atoms with Gasteiger partial charge in [-0.3, -0.25) is 14.8 Å². The number of nitrogens with zero attached hydrogens (tertiary/aromatic N) is 2. The second-order valence-corrected chi connectivity index (χ2v) is 8.03. The molecule has 2 aromatic carbocycles. The van der Waals surface area contributed by atoms with Gasteiger partial charge in [-0.05, 0) is 43.8 Å². The molecule has 0 spiro atoms. The molecule has 0 aliphatic heterocycles. The maximum absolute atomic E-state index is 13.2. The zero-order chi connectivity index (χ0) is 24.1. The summed E-state index contributed by atoms with van der Waals surface area (Å²) in [4.78, 5) is 28.4. The normalized spacial score (nSPS) is 11.6. The Labute approximate surface area is 197 Å². The Bertz CT molecular complexity index is 919. The largest absolute Gasteiger partial charge is 0.488 e. The summed E-state index contributed by atoms with van der Waals surface area (Å²) in [5.41, 5.74) is 2.25. The second-order valence-electron chi connectivity index (χ2n) is 8.03. The summed E-state index contributed by atoms with van der Waals surface area (Å²) in [7, 11) is 1.82. The number of carbonyl (C=O) groups is 2. The molecule has 0 radical (unpaired) electrons. The molecule has 0 saturated heterocycles. The van der Waals surface area contributed by atoms with Crippen molar-refractivity contribution in [1.29, 1.82) is 0 Å². The average molecular weight is 456 g/mol. The minimum absolute atomic E-state index is 0.0458. The molecule has 2 rings (SSSR count). The lowest BCUT2D eigenvalue weighted by Crippen LogP contribution is -2.37. The van der Waals surface area contributed by atoms with Crippen LogP contribution in [0.5, 0.6) is 5.75 Å². The van der Waals surface area contributed by atoms with Gasteiger partial charge in [-0.25, -0.2) is 5.48 Å². The number of allylic oxidation sites excluding steroid dienone is 1. The molecule has 0 atom stereocenters. The number of benzene rings is 2. The van der Waals surface area contributed by atoms with Crippen molar-refractivity contribution in [1.82, 2.24) is 15.3 Å². The van der Waals surface area contributed by atoms with E-state index in [9.17, 15) is 9.59 Å². The molecule has 0 fully saturated rings. The molecule has 2 N–H and O–H groups in total. The number of ether oxygens (including phenoxy) is 1. The number of unbranched alkanes of at least 4 members (excludes halogenated alkanes) is 2. The van der Waals surface area contributed by atoms with Gasteiger partial charge in [0.05, 0.1) is 5.57 Å². The fraction of sp³-hybridized carbons (Fsp3) is 0.462. The number of rotatable bonds is 14. The highest BCUT2D eigenvalue weighted by atomic mass is 16.5. The molecule has 0 heterocycles. The molecular formula is C26H37N3O4. The number of nitrogens with one attached hydrogen (secondary N) is 1. The molecule has 2 aromatic rings. The average Bonchev–Trinajstić information content (AvgIpc) is 2.85. The summed E-state index contributed by atoms with van der Waals surface area (Å²) in [5, 5.41) is 10.7. The van der Waals surface area contributed by atoms with E-state index >= 15 is 0 Å². The first-order chi connectivity index (χ1) is 16.0. The monoisotopic (exact) mass is 455 g/mol. The van der Waals surface area contributed by atoms with Gasteiger partial charge >= 0.3 is 0 Å². The van der Waals surface area contributed by atoms with Crippen molar-refractivity contribution in [2.45, 2.75) is 39.5 Å². The number of hydrogen-bond acceptors (Lipinski definition) is 5. The number of fused-ring (bicyclic) bond motifs is 1. The first-order valence-corrected chi connectivity index (χ1v) is 11.7. The first kappa shape index (κ1) is 26.4. The Kier molecular flexibility index (Phi) is 11.4. The van der Waals surface area contributed by atoms with E-state index < -0.39 is 5.91 Å². The molecule has 0 unspecified atom stereocenters. The zero-order valence-corrected chi connectivity index (χ0v) is 20.0. The number of hydroxylamine groups is 1. The zero-order valence-electron chi connectivity index (χ0n) is 20.0. The van der Waals surface area contributed by atoms with E-state index in [1.807, 2.05) is 55.6 Å². The van der Waals surface area contributed by atoms with Gasteiger partial charge in [0.25, 0.3) is 5.91 Å². The molecule has 0 aliphatic rings. The van der Waals surface area contributed by atoms with Crippen molar-refractivity contribution in [2.24, 2.45) is 0 Å². The van der Waals surface area contributed by atoms with Crippen molar-refractivity contribution in [3.8, 4) is 5.75 Å². The lowest BCUT2D eigenvalue weighted by atomic mass is 10.1. The second kappa shape index (κ2) is 14.3. The molecule has 0 aliphatic carbocycles. The summed E-state index contributed by atoms with van der Waals surface area (Å²) in [6, 6.07) is 13.9. The quantitative estimate of drug-likeness (QED) is 0.195. The molecule has 2 amide bonds. The fourth-order valence-corrected chi connectivity index (χ4v) is 3.63. The van der Waals surface area contributed by atoms with Gasteiger partial charge in [0.1, 0.15) is 12.4 Å². The Hall–Kier alpha value is -2.90. The highest BCUT2D eigenvalue weighted by molar-refractivity contribution is 5.94. The highest BCUT2D eigenvalue weighted by Gasteiger charge is 2.16. The predicted molar refractivity (Wildman–Crippen MR) is 131 cm³/mol. The van der Waals surface area contributed by atoms with Crippen LogP contribution in [0.4, 0.5) is 0 Å². The van der Waals surface area contributed by atoms with Crippen molar-refractivity contribution in [3.63, 3.8) is 0 Å². The molecule has 7 nitrogen and oxygen atoms in total. The van der Waals surface area contributed by atoms with Gasteiger partial charge < -0.3 is 14.5 Å². The van der Waals surface area contributed by atoms with E-state index in [1.165, 1.54) is 0 Å². The van der Waals surface area contributed by atoms with Crippen LogP contribution in [-0.2, 0) is 9.59 Å². The third-order valence-corrected chi connectivity index (χ3v) is 5.77. The molecule has 180 valence electrons. The van der Waals surface area contributed by atoms with Crippen LogP contribution in [0, 0.1) is 0 Å². The lowest BCUT2D eigenvalue weighted by molar-refractivity contribution is -0.129. The van der Waals surface area contributed by atoms with E-state index in [1.54, 1.807) is 10.4 Å². The Morgan fingerprint density at radius 2 is 1.76 bits per heavy atom. The van der Waals surface area contributed by atoms with Crippen LogP contribution in [-0.4, -0.2) is 66.7 Å². The van der Waals surface area contributed by atoms with Crippen LogP contribution in [0.15, 0.2) is 54.1 Å². The van der Waals surface area contributed by atoms with Crippen molar-refractivity contribution < 1.29 is 19.5 Å². The van der Waals surface area contributed by atoms with E-state index in [2.05, 4.69) is 18.7 Å². The highest BCUT2D eigenvalue weighted by Crippen LogP contribution is 2.25. The van der Waals surface area contributed by atoms with Gasteiger partial charge in [0.15, 0.2) is 0 Å². The maximum atomic E-state index is 13.2. The Morgan fingerprint density at radius 3 is 2.48 bits per heavy atom. The van der Waals surface area contributed by atoms with Crippen molar-refractivity contribution in [2.75, 3.05) is 39.8 Å². The first-order valence-electron chi connectivity index (χ1n) is 11.7. The summed E-state index contributed by atoms with van der Waals surface area (Å²) in [5.74, 6) is 0.304. The molecule has 0 saturated carbocycles. The molecule has 0 bridgehead atoms. The van der Waals surface area contributed by atoms with Gasteiger partial charge in [0, 0.05) is 31.9 Å². The van der Waals surface area contributed by atoms with Crippen LogP contribution < -0.4 is 10.2 Å². The van der Waals surface area contributed by atoms with Crippen molar-refractivity contribution >= 4 is 22.6 Å². The van der Waals surface area contributed by atoms with Crippen LogP contribution in [0.2, 0.25) is 0 Å². The molecule has 7 heteroatoms. The SMILES string of the molecule is CCN(CC)CCN(C)C(=O)/C(=C/CCCCC(=O)NO)COc1cccc2ccccc12.